The van der Waals surface area contributed by atoms with E-state index in [1.54, 1.807) is 25.3 Å². The predicted octanol–water partition coefficient (Wildman–Crippen LogP) is 2.24. The molecule has 0 bridgehead atoms. The molecule has 0 unspecified atom stereocenters. The quantitative estimate of drug-likeness (QED) is 0.497. The van der Waals surface area contributed by atoms with Crippen molar-refractivity contribution in [1.29, 1.82) is 0 Å². The third-order valence-electron chi connectivity index (χ3n) is 2.50. The number of hydrogen-bond donors (Lipinski definition) is 1. The Bertz CT molecular complexity index is 696. The van der Waals surface area contributed by atoms with Crippen molar-refractivity contribution >= 4 is 34.1 Å². The van der Waals surface area contributed by atoms with E-state index >= 15 is 0 Å². The number of nitro groups is 1. The summed E-state index contributed by atoms with van der Waals surface area (Å²) < 4.78 is 4.91. The first-order valence-electron chi connectivity index (χ1n) is 6.13. The van der Waals surface area contributed by atoms with Gasteiger partial charge in [0, 0.05) is 25.3 Å². The minimum absolute atomic E-state index is 0.00105. The normalized spacial score (nSPS) is 10.8. The van der Waals surface area contributed by atoms with Crippen LogP contribution in [0.3, 0.4) is 0 Å². The van der Waals surface area contributed by atoms with E-state index < -0.39 is 4.92 Å². The van der Waals surface area contributed by atoms with Crippen LogP contribution < -0.4 is 5.32 Å². The first-order chi connectivity index (χ1) is 10.6. The zero-order valence-electron chi connectivity index (χ0n) is 11.6. The van der Waals surface area contributed by atoms with Gasteiger partial charge in [0.05, 0.1) is 4.92 Å². The summed E-state index contributed by atoms with van der Waals surface area (Å²) in [4.78, 5) is 21.8. The summed E-state index contributed by atoms with van der Waals surface area (Å²) in [6, 6.07) is 5.87. The summed E-state index contributed by atoms with van der Waals surface area (Å²) in [5.41, 5.74) is 0.680. The molecule has 1 heterocycles. The second kappa shape index (κ2) is 7.38. The second-order valence-electron chi connectivity index (χ2n) is 4.11. The average molecular weight is 320 g/mol. The second-order valence-corrected chi connectivity index (χ2v) is 5.17. The van der Waals surface area contributed by atoms with Gasteiger partial charge in [0.25, 0.3) is 5.69 Å². The summed E-state index contributed by atoms with van der Waals surface area (Å²) >= 11 is 1.22. The van der Waals surface area contributed by atoms with Crippen LogP contribution in [0.15, 0.2) is 30.3 Å². The van der Waals surface area contributed by atoms with E-state index in [0.717, 1.165) is 0 Å². The van der Waals surface area contributed by atoms with Gasteiger partial charge in [-0.3, -0.25) is 20.2 Å². The SMILES string of the molecule is COCc1nnc(NC(=O)C=Cc2ccc([N+](=O)[O-])cc2)s1. The molecule has 114 valence electrons. The van der Waals surface area contributed by atoms with E-state index in [1.165, 1.54) is 29.5 Å². The van der Waals surface area contributed by atoms with Gasteiger partial charge in [-0.05, 0) is 23.8 Å². The molecule has 22 heavy (non-hydrogen) atoms. The number of nitro benzene ring substituents is 1. The smallest absolute Gasteiger partial charge is 0.269 e. The van der Waals surface area contributed by atoms with Gasteiger partial charge in [-0.1, -0.05) is 11.3 Å². The van der Waals surface area contributed by atoms with Gasteiger partial charge < -0.3 is 4.74 Å². The first-order valence-corrected chi connectivity index (χ1v) is 6.95. The van der Waals surface area contributed by atoms with Crippen molar-refractivity contribution < 1.29 is 14.5 Å². The Morgan fingerprint density at radius 1 is 1.41 bits per heavy atom. The highest BCUT2D eigenvalue weighted by molar-refractivity contribution is 7.15. The van der Waals surface area contributed by atoms with Crippen LogP contribution >= 0.6 is 11.3 Å². The lowest BCUT2D eigenvalue weighted by Crippen LogP contribution is -2.07. The number of non-ortho nitro benzene ring substituents is 1. The molecule has 0 atom stereocenters. The third kappa shape index (κ3) is 4.43. The molecule has 0 saturated heterocycles. The van der Waals surface area contributed by atoms with Crippen molar-refractivity contribution in [3.63, 3.8) is 0 Å². The molecule has 0 aliphatic rings. The summed E-state index contributed by atoms with van der Waals surface area (Å²) in [6.45, 7) is 0.339. The molecule has 1 aromatic heterocycles. The number of nitrogens with zero attached hydrogens (tertiary/aromatic N) is 3. The molecular weight excluding hydrogens is 308 g/mol. The number of methoxy groups -OCH3 is 1. The van der Waals surface area contributed by atoms with Crippen LogP contribution in [0.2, 0.25) is 0 Å². The van der Waals surface area contributed by atoms with Gasteiger partial charge in [-0.2, -0.15) is 0 Å². The van der Waals surface area contributed by atoms with Crippen molar-refractivity contribution in [3.05, 3.63) is 51.0 Å². The van der Waals surface area contributed by atoms with Crippen LogP contribution in [0.25, 0.3) is 6.08 Å². The Morgan fingerprint density at radius 2 is 2.14 bits per heavy atom. The van der Waals surface area contributed by atoms with E-state index in [0.29, 0.717) is 22.3 Å². The number of amides is 1. The lowest BCUT2D eigenvalue weighted by atomic mass is 10.2. The number of hydrogen-bond acceptors (Lipinski definition) is 7. The molecular formula is C13H12N4O4S. The Labute approximate surface area is 129 Å². The molecule has 1 amide bonds. The number of rotatable bonds is 6. The lowest BCUT2D eigenvalue weighted by molar-refractivity contribution is -0.384. The highest BCUT2D eigenvalue weighted by Crippen LogP contribution is 2.16. The number of carbonyl (C=O) groups is 1. The van der Waals surface area contributed by atoms with E-state index in [9.17, 15) is 14.9 Å². The van der Waals surface area contributed by atoms with Crippen molar-refractivity contribution in [2.75, 3.05) is 12.4 Å². The molecule has 9 heteroatoms. The lowest BCUT2D eigenvalue weighted by Gasteiger charge is -1.95. The molecule has 8 nitrogen and oxygen atoms in total. The zero-order chi connectivity index (χ0) is 15.9. The summed E-state index contributed by atoms with van der Waals surface area (Å²) in [6.07, 6.45) is 2.87. The van der Waals surface area contributed by atoms with Crippen LogP contribution in [0.5, 0.6) is 0 Å². The first kappa shape index (κ1) is 15.7. The van der Waals surface area contributed by atoms with Crippen LogP contribution in [0.4, 0.5) is 10.8 Å². The van der Waals surface area contributed by atoms with Crippen molar-refractivity contribution in [2.24, 2.45) is 0 Å². The van der Waals surface area contributed by atoms with Gasteiger partial charge in [0.2, 0.25) is 11.0 Å². The van der Waals surface area contributed by atoms with Gasteiger partial charge in [-0.25, -0.2) is 0 Å². The van der Waals surface area contributed by atoms with Crippen molar-refractivity contribution in [3.8, 4) is 0 Å². The number of benzene rings is 1. The van der Waals surface area contributed by atoms with E-state index in [1.807, 2.05) is 0 Å². The zero-order valence-corrected chi connectivity index (χ0v) is 12.4. The fraction of sp³-hybridized carbons (Fsp3) is 0.154. The maximum atomic E-state index is 11.7. The Balaban J connectivity index is 1.94. The molecule has 0 fully saturated rings. The molecule has 0 aliphatic carbocycles. The van der Waals surface area contributed by atoms with Crippen molar-refractivity contribution in [2.45, 2.75) is 6.61 Å². The summed E-state index contributed by atoms with van der Waals surface area (Å²) in [7, 11) is 1.55. The minimum atomic E-state index is -0.479. The van der Waals surface area contributed by atoms with Gasteiger partial charge in [-0.15, -0.1) is 10.2 Å². The van der Waals surface area contributed by atoms with Gasteiger partial charge in [0.15, 0.2) is 0 Å². The predicted molar refractivity (Wildman–Crippen MR) is 81.4 cm³/mol. The fourth-order valence-corrected chi connectivity index (χ4v) is 2.23. The number of aromatic nitrogens is 2. The molecule has 0 aliphatic heterocycles. The van der Waals surface area contributed by atoms with Crippen LogP contribution in [0, 0.1) is 10.1 Å². The van der Waals surface area contributed by atoms with Crippen LogP contribution in [-0.2, 0) is 16.1 Å². The molecule has 2 aromatic rings. The third-order valence-corrected chi connectivity index (χ3v) is 3.31. The molecule has 1 N–H and O–H groups in total. The van der Waals surface area contributed by atoms with Gasteiger partial charge >= 0.3 is 0 Å². The van der Waals surface area contributed by atoms with E-state index in [2.05, 4.69) is 15.5 Å². The maximum Gasteiger partial charge on any atom is 0.269 e. The Morgan fingerprint density at radius 3 is 2.77 bits per heavy atom. The highest BCUT2D eigenvalue weighted by Gasteiger charge is 2.06. The minimum Gasteiger partial charge on any atom is -0.377 e. The fourth-order valence-electron chi connectivity index (χ4n) is 1.51. The van der Waals surface area contributed by atoms with Crippen molar-refractivity contribution in [1.82, 2.24) is 10.2 Å². The molecule has 0 radical (unpaired) electrons. The van der Waals surface area contributed by atoms with Crippen LogP contribution in [-0.4, -0.2) is 28.1 Å². The molecule has 2 rings (SSSR count). The Hall–Kier alpha value is -2.65. The monoisotopic (exact) mass is 320 g/mol. The maximum absolute atomic E-state index is 11.7. The topological polar surface area (TPSA) is 107 Å². The molecule has 0 spiro atoms. The number of anilines is 1. The standard InChI is InChI=1S/C13H12N4O4S/c1-21-8-12-15-16-13(22-12)14-11(18)7-4-9-2-5-10(6-3-9)17(19)20/h2-7H,8H2,1H3,(H,14,16,18). The Kier molecular flexibility index (Phi) is 5.28. The number of ether oxygens (including phenoxy) is 1. The summed E-state index contributed by atoms with van der Waals surface area (Å²) in [5, 5.41) is 21.8. The highest BCUT2D eigenvalue weighted by atomic mass is 32.1. The van der Waals surface area contributed by atoms with E-state index in [-0.39, 0.29) is 11.6 Å². The summed E-state index contributed by atoms with van der Waals surface area (Å²) in [5.74, 6) is -0.363. The average Bonchev–Trinajstić information content (AvgIpc) is 2.93. The van der Waals surface area contributed by atoms with Crippen LogP contribution in [0.1, 0.15) is 10.6 Å². The largest absolute Gasteiger partial charge is 0.377 e. The number of carbonyl (C=O) groups excluding carboxylic acids is 1. The van der Waals surface area contributed by atoms with Gasteiger partial charge in [0.1, 0.15) is 11.6 Å². The molecule has 0 saturated carbocycles. The van der Waals surface area contributed by atoms with E-state index in [4.69, 9.17) is 4.74 Å². The molecule has 1 aromatic carbocycles. The number of nitrogens with one attached hydrogen (secondary N) is 1.